The summed E-state index contributed by atoms with van der Waals surface area (Å²) in [6.07, 6.45) is 11.1. The number of nitrogens with one attached hydrogen (secondary N) is 1. The molecule has 5 nitrogen and oxygen atoms in total. The lowest BCUT2D eigenvalue weighted by molar-refractivity contribution is -0.118. The van der Waals surface area contributed by atoms with Crippen LogP contribution in [0.5, 0.6) is 0 Å². The highest BCUT2D eigenvalue weighted by molar-refractivity contribution is 5.98. The third kappa shape index (κ3) is 4.09. The highest BCUT2D eigenvalue weighted by Crippen LogP contribution is 2.31. The van der Waals surface area contributed by atoms with Crippen LogP contribution in [0.25, 0.3) is 0 Å². The number of carbonyl (C=O) groups excluding carboxylic acids is 2. The maximum absolute atomic E-state index is 12.9. The summed E-state index contributed by atoms with van der Waals surface area (Å²) in [5.41, 5.74) is 2.75. The van der Waals surface area contributed by atoms with Crippen LogP contribution in [0, 0.1) is 0 Å². The first-order valence-electron chi connectivity index (χ1n) is 11.1. The van der Waals surface area contributed by atoms with Crippen molar-refractivity contribution in [2.45, 2.75) is 89.4 Å². The molecule has 0 saturated heterocycles. The molecule has 2 amide bonds. The molecule has 1 aromatic carbocycles. The maximum Gasteiger partial charge on any atom is 0.251 e. The largest absolute Gasteiger partial charge is 0.373 e. The van der Waals surface area contributed by atoms with Crippen LogP contribution in [0.1, 0.15) is 80.6 Å². The van der Waals surface area contributed by atoms with Gasteiger partial charge in [0.1, 0.15) is 0 Å². The Labute approximate surface area is 167 Å². The van der Waals surface area contributed by atoms with Gasteiger partial charge in [0.25, 0.3) is 5.91 Å². The summed E-state index contributed by atoms with van der Waals surface area (Å²) in [6, 6.07) is 5.85. The van der Waals surface area contributed by atoms with Gasteiger partial charge in [0.2, 0.25) is 5.91 Å². The van der Waals surface area contributed by atoms with Gasteiger partial charge >= 0.3 is 0 Å². The molecule has 5 heteroatoms. The number of fused-ring (bicyclic) bond motifs is 1. The quantitative estimate of drug-likeness (QED) is 0.835. The van der Waals surface area contributed by atoms with Gasteiger partial charge in [-0.3, -0.25) is 9.59 Å². The normalized spacial score (nSPS) is 25.0. The van der Waals surface area contributed by atoms with Gasteiger partial charge in [-0.05, 0) is 55.9 Å². The van der Waals surface area contributed by atoms with E-state index in [0.717, 1.165) is 49.8 Å². The van der Waals surface area contributed by atoms with E-state index < -0.39 is 0 Å². The smallest absolute Gasteiger partial charge is 0.251 e. The van der Waals surface area contributed by atoms with Crippen molar-refractivity contribution in [2.24, 2.45) is 0 Å². The molecule has 2 saturated carbocycles. The number of anilines is 1. The van der Waals surface area contributed by atoms with Gasteiger partial charge < -0.3 is 15.0 Å². The number of hydrogen-bond acceptors (Lipinski definition) is 3. The number of nitrogens with zero attached hydrogens (tertiary/aromatic N) is 1. The van der Waals surface area contributed by atoms with E-state index in [4.69, 9.17) is 4.74 Å². The van der Waals surface area contributed by atoms with E-state index in [2.05, 4.69) is 5.32 Å². The molecule has 0 bridgehead atoms. The van der Waals surface area contributed by atoms with Crippen LogP contribution in [-0.2, 0) is 16.0 Å². The molecule has 152 valence electrons. The first-order chi connectivity index (χ1) is 13.7. The predicted molar refractivity (Wildman–Crippen MR) is 110 cm³/mol. The molecule has 0 spiro atoms. The van der Waals surface area contributed by atoms with E-state index in [1.807, 2.05) is 30.0 Å². The van der Waals surface area contributed by atoms with E-state index in [-0.39, 0.29) is 24.0 Å². The lowest BCUT2D eigenvalue weighted by atomic mass is 9.91. The lowest BCUT2D eigenvalue weighted by Crippen LogP contribution is -2.47. The molecular formula is C23H32N2O3. The molecule has 0 aromatic heterocycles. The molecule has 2 aliphatic carbocycles. The number of rotatable bonds is 5. The second-order valence-corrected chi connectivity index (χ2v) is 8.44. The lowest BCUT2D eigenvalue weighted by Gasteiger charge is -2.34. The van der Waals surface area contributed by atoms with Gasteiger partial charge in [0.05, 0.1) is 18.2 Å². The van der Waals surface area contributed by atoms with Crippen LogP contribution < -0.4 is 10.2 Å². The van der Waals surface area contributed by atoms with Crippen LogP contribution in [0.2, 0.25) is 0 Å². The number of hydrogen-bond donors (Lipinski definition) is 1. The minimum atomic E-state index is -0.0185. The molecule has 1 aliphatic heterocycles. The van der Waals surface area contributed by atoms with Crippen LogP contribution in [0.4, 0.5) is 5.69 Å². The van der Waals surface area contributed by atoms with Gasteiger partial charge in [-0.15, -0.1) is 0 Å². The van der Waals surface area contributed by atoms with E-state index >= 15 is 0 Å². The van der Waals surface area contributed by atoms with Gasteiger partial charge in [-0.1, -0.05) is 32.6 Å². The third-order valence-corrected chi connectivity index (χ3v) is 6.53. The number of carbonyl (C=O) groups is 2. The summed E-state index contributed by atoms with van der Waals surface area (Å²) in [5.74, 6) is 0.125. The Morgan fingerprint density at radius 2 is 1.86 bits per heavy atom. The number of ether oxygens (including phenoxy) is 1. The van der Waals surface area contributed by atoms with Crippen molar-refractivity contribution in [2.75, 3.05) is 11.4 Å². The fourth-order valence-electron chi connectivity index (χ4n) is 4.94. The molecule has 0 unspecified atom stereocenters. The van der Waals surface area contributed by atoms with Gasteiger partial charge in [-0.2, -0.15) is 0 Å². The SMILES string of the molecule is CCC(=O)N1CCc2cc(C(=O)N[C@@H]3CCCC[C@@H]3OC3CCCC3)ccc21. The molecule has 1 aromatic rings. The van der Waals surface area contributed by atoms with Crippen molar-refractivity contribution in [1.82, 2.24) is 5.32 Å². The number of amides is 2. The van der Waals surface area contributed by atoms with Gasteiger partial charge in [-0.25, -0.2) is 0 Å². The Morgan fingerprint density at radius 3 is 2.64 bits per heavy atom. The summed E-state index contributed by atoms with van der Waals surface area (Å²) >= 11 is 0. The molecule has 0 radical (unpaired) electrons. The zero-order valence-corrected chi connectivity index (χ0v) is 16.9. The van der Waals surface area contributed by atoms with Crippen molar-refractivity contribution in [3.8, 4) is 0 Å². The van der Waals surface area contributed by atoms with E-state index in [1.165, 1.54) is 19.3 Å². The average molecular weight is 385 g/mol. The monoisotopic (exact) mass is 384 g/mol. The summed E-state index contributed by atoms with van der Waals surface area (Å²) in [4.78, 5) is 26.8. The summed E-state index contributed by atoms with van der Waals surface area (Å²) < 4.78 is 6.37. The molecule has 1 N–H and O–H groups in total. The topological polar surface area (TPSA) is 58.6 Å². The minimum Gasteiger partial charge on any atom is -0.373 e. The Balaban J connectivity index is 1.42. The molecule has 2 fully saturated rings. The second kappa shape index (κ2) is 8.64. The number of benzene rings is 1. The molecule has 4 rings (SSSR count). The highest BCUT2D eigenvalue weighted by Gasteiger charge is 2.31. The van der Waals surface area contributed by atoms with Crippen molar-refractivity contribution in [3.05, 3.63) is 29.3 Å². The Hall–Kier alpha value is -1.88. The van der Waals surface area contributed by atoms with Crippen molar-refractivity contribution in [3.63, 3.8) is 0 Å². The molecule has 28 heavy (non-hydrogen) atoms. The summed E-state index contributed by atoms with van der Waals surface area (Å²) in [7, 11) is 0. The van der Waals surface area contributed by atoms with Gasteiger partial charge in [0.15, 0.2) is 0 Å². The van der Waals surface area contributed by atoms with Crippen LogP contribution in [0.15, 0.2) is 18.2 Å². The summed E-state index contributed by atoms with van der Waals surface area (Å²) in [5, 5.41) is 3.25. The van der Waals surface area contributed by atoms with Gasteiger partial charge in [0, 0.05) is 24.2 Å². The second-order valence-electron chi connectivity index (χ2n) is 8.44. The third-order valence-electron chi connectivity index (χ3n) is 6.53. The average Bonchev–Trinajstić information content (AvgIpc) is 3.38. The van der Waals surface area contributed by atoms with Crippen molar-refractivity contribution >= 4 is 17.5 Å². The van der Waals surface area contributed by atoms with E-state index in [0.29, 0.717) is 24.6 Å². The fraction of sp³-hybridized carbons (Fsp3) is 0.652. The summed E-state index contributed by atoms with van der Waals surface area (Å²) in [6.45, 7) is 2.60. The zero-order valence-electron chi connectivity index (χ0n) is 16.9. The standard InChI is InChI=1S/C23H32N2O3/c1-2-22(26)25-14-13-16-15-17(11-12-20(16)25)23(27)24-19-9-5-6-10-21(19)28-18-7-3-4-8-18/h11-12,15,18-19,21H,2-10,13-14H2,1H3,(H,24,27)/t19-,21+/m1/s1. The van der Waals surface area contributed by atoms with Crippen LogP contribution >= 0.6 is 0 Å². The molecule has 3 aliphatic rings. The molecular weight excluding hydrogens is 352 g/mol. The first kappa shape index (κ1) is 19.4. The Bertz CT molecular complexity index is 727. The highest BCUT2D eigenvalue weighted by atomic mass is 16.5. The maximum atomic E-state index is 12.9. The minimum absolute atomic E-state index is 0.0185. The zero-order chi connectivity index (χ0) is 19.5. The van der Waals surface area contributed by atoms with E-state index in [9.17, 15) is 9.59 Å². The Morgan fingerprint density at radius 1 is 1.11 bits per heavy atom. The van der Waals surface area contributed by atoms with Crippen molar-refractivity contribution < 1.29 is 14.3 Å². The predicted octanol–water partition coefficient (Wildman–Crippen LogP) is 3.99. The van der Waals surface area contributed by atoms with Crippen molar-refractivity contribution in [1.29, 1.82) is 0 Å². The Kier molecular flexibility index (Phi) is 6.00. The van der Waals surface area contributed by atoms with Crippen LogP contribution in [-0.4, -0.2) is 36.6 Å². The molecule has 1 heterocycles. The molecule has 2 atom stereocenters. The van der Waals surface area contributed by atoms with E-state index in [1.54, 1.807) is 0 Å². The van der Waals surface area contributed by atoms with Crippen LogP contribution in [0.3, 0.4) is 0 Å². The first-order valence-corrected chi connectivity index (χ1v) is 11.1. The fourth-order valence-corrected chi connectivity index (χ4v) is 4.94.